The number of aromatic nitrogens is 2. The first-order chi connectivity index (χ1) is 11.5. The van der Waals surface area contributed by atoms with Crippen LogP contribution in [0.3, 0.4) is 0 Å². The van der Waals surface area contributed by atoms with Crippen molar-refractivity contribution < 1.29 is 9.18 Å². The van der Waals surface area contributed by atoms with Crippen LogP contribution in [0.15, 0.2) is 24.3 Å². The molecule has 0 radical (unpaired) electrons. The molecule has 1 heterocycles. The van der Waals surface area contributed by atoms with Crippen molar-refractivity contribution in [3.63, 3.8) is 0 Å². The first kappa shape index (κ1) is 18.5. The van der Waals surface area contributed by atoms with Gasteiger partial charge in [0.1, 0.15) is 11.0 Å². The van der Waals surface area contributed by atoms with Gasteiger partial charge in [-0.05, 0) is 31.0 Å². The minimum absolute atomic E-state index is 0.195. The summed E-state index contributed by atoms with van der Waals surface area (Å²) < 4.78 is 14.5. The minimum Gasteiger partial charge on any atom is -0.352 e. The van der Waals surface area contributed by atoms with Gasteiger partial charge in [0.05, 0.1) is 17.8 Å². The quantitative estimate of drug-likeness (QED) is 0.719. The Hall–Kier alpha value is -1.88. The fraction of sp³-hybridized carbons (Fsp3) is 0.444. The summed E-state index contributed by atoms with van der Waals surface area (Å²) in [5, 5.41) is 7.54. The second kappa shape index (κ2) is 8.83. The van der Waals surface area contributed by atoms with Crippen molar-refractivity contribution >= 4 is 17.5 Å². The Morgan fingerprint density at radius 1 is 1.25 bits per heavy atom. The highest BCUT2D eigenvalue weighted by Gasteiger charge is 2.20. The van der Waals surface area contributed by atoms with Crippen LogP contribution in [0.2, 0.25) is 5.15 Å². The molecule has 0 unspecified atom stereocenters. The molecule has 0 aliphatic carbocycles. The van der Waals surface area contributed by atoms with Gasteiger partial charge in [0, 0.05) is 6.54 Å². The summed E-state index contributed by atoms with van der Waals surface area (Å²) >= 11 is 6.33. The molecule has 1 amide bonds. The number of unbranched alkanes of at least 4 members (excludes halogenated alkanes) is 3. The van der Waals surface area contributed by atoms with Gasteiger partial charge < -0.3 is 5.32 Å². The van der Waals surface area contributed by atoms with Crippen molar-refractivity contribution in [3.05, 3.63) is 52.1 Å². The van der Waals surface area contributed by atoms with Gasteiger partial charge in [-0.1, -0.05) is 49.9 Å². The number of aryl methyl sites for hydroxylation is 1. The average molecular weight is 352 g/mol. The molecule has 0 spiro atoms. The van der Waals surface area contributed by atoms with Gasteiger partial charge in [0.25, 0.3) is 5.91 Å². The van der Waals surface area contributed by atoms with Gasteiger partial charge in [-0.3, -0.25) is 4.79 Å². The van der Waals surface area contributed by atoms with E-state index >= 15 is 0 Å². The van der Waals surface area contributed by atoms with E-state index in [9.17, 15) is 9.18 Å². The van der Waals surface area contributed by atoms with E-state index in [4.69, 9.17) is 11.6 Å². The van der Waals surface area contributed by atoms with Gasteiger partial charge >= 0.3 is 0 Å². The first-order valence-electron chi connectivity index (χ1n) is 8.28. The third kappa shape index (κ3) is 4.81. The number of carbonyl (C=O) groups is 1. The van der Waals surface area contributed by atoms with Crippen molar-refractivity contribution in [2.45, 2.75) is 46.1 Å². The Balaban J connectivity index is 2.02. The van der Waals surface area contributed by atoms with E-state index in [0.717, 1.165) is 24.8 Å². The van der Waals surface area contributed by atoms with Crippen molar-refractivity contribution in [1.29, 1.82) is 0 Å². The number of nitrogens with one attached hydrogen (secondary N) is 1. The van der Waals surface area contributed by atoms with Crippen LogP contribution < -0.4 is 5.32 Å². The maximum atomic E-state index is 13.0. The molecule has 0 atom stereocenters. The summed E-state index contributed by atoms with van der Waals surface area (Å²) in [6.45, 7) is 4.94. The van der Waals surface area contributed by atoms with Crippen LogP contribution in [0.5, 0.6) is 0 Å². The zero-order valence-corrected chi connectivity index (χ0v) is 14.9. The Morgan fingerprint density at radius 2 is 1.96 bits per heavy atom. The molecule has 0 aliphatic rings. The average Bonchev–Trinajstić information content (AvgIpc) is 2.83. The largest absolute Gasteiger partial charge is 0.352 e. The highest BCUT2D eigenvalue weighted by atomic mass is 35.5. The molecule has 6 heteroatoms. The van der Waals surface area contributed by atoms with Gasteiger partial charge in [-0.25, -0.2) is 9.07 Å². The zero-order chi connectivity index (χ0) is 17.5. The summed E-state index contributed by atoms with van der Waals surface area (Å²) in [6.07, 6.45) is 4.40. The third-order valence-electron chi connectivity index (χ3n) is 3.85. The molecule has 0 fully saturated rings. The van der Waals surface area contributed by atoms with Gasteiger partial charge in [0.15, 0.2) is 0 Å². The lowest BCUT2D eigenvalue weighted by molar-refractivity contribution is 0.0952. The zero-order valence-electron chi connectivity index (χ0n) is 14.1. The molecule has 0 saturated carbocycles. The number of amides is 1. The summed E-state index contributed by atoms with van der Waals surface area (Å²) in [6, 6.07) is 6.14. The van der Waals surface area contributed by atoms with Crippen LogP contribution >= 0.6 is 11.6 Å². The van der Waals surface area contributed by atoms with Crippen molar-refractivity contribution in [3.8, 4) is 0 Å². The Kier molecular flexibility index (Phi) is 6.79. The van der Waals surface area contributed by atoms with E-state index in [1.807, 2.05) is 0 Å². The lowest BCUT2D eigenvalue weighted by Gasteiger charge is -2.06. The molecule has 2 aromatic rings. The van der Waals surface area contributed by atoms with E-state index in [1.54, 1.807) is 23.7 Å². The molecule has 0 saturated heterocycles. The maximum Gasteiger partial charge on any atom is 0.256 e. The van der Waals surface area contributed by atoms with Gasteiger partial charge in [-0.15, -0.1) is 0 Å². The van der Waals surface area contributed by atoms with Crippen LogP contribution in [0.4, 0.5) is 4.39 Å². The highest BCUT2D eigenvalue weighted by Crippen LogP contribution is 2.21. The Bertz CT molecular complexity index is 682. The maximum absolute atomic E-state index is 13.0. The number of benzene rings is 1. The summed E-state index contributed by atoms with van der Waals surface area (Å²) in [7, 11) is 0. The molecule has 1 aromatic heterocycles. The van der Waals surface area contributed by atoms with Crippen molar-refractivity contribution in [1.82, 2.24) is 15.1 Å². The summed E-state index contributed by atoms with van der Waals surface area (Å²) in [4.78, 5) is 12.3. The second-order valence-corrected chi connectivity index (χ2v) is 6.21. The Morgan fingerprint density at radius 3 is 2.62 bits per heavy atom. The molecule has 1 N–H and O–H groups in total. The van der Waals surface area contributed by atoms with E-state index in [1.165, 1.54) is 18.6 Å². The molecule has 2 rings (SSSR count). The number of hydrogen-bond donors (Lipinski definition) is 1. The number of halogens is 2. The number of hydrogen-bond acceptors (Lipinski definition) is 2. The Labute approximate surface area is 147 Å². The normalized spacial score (nSPS) is 10.8. The lowest BCUT2D eigenvalue weighted by atomic mass is 10.2. The number of carbonyl (C=O) groups excluding carboxylic acids is 1. The molecule has 24 heavy (non-hydrogen) atoms. The van der Waals surface area contributed by atoms with E-state index < -0.39 is 0 Å². The molecule has 130 valence electrons. The molecule has 0 aliphatic heterocycles. The lowest BCUT2D eigenvalue weighted by Crippen LogP contribution is -2.25. The molecule has 4 nitrogen and oxygen atoms in total. The topological polar surface area (TPSA) is 46.9 Å². The van der Waals surface area contributed by atoms with Crippen LogP contribution in [0, 0.1) is 12.7 Å². The standard InChI is InChI=1S/C18H23ClFN3O/c1-3-4-5-6-11-21-18(24)16-13(2)22-23(17(16)19)12-14-7-9-15(20)10-8-14/h7-10H,3-6,11-12H2,1-2H3,(H,21,24). The van der Waals surface area contributed by atoms with Crippen LogP contribution in [-0.2, 0) is 6.54 Å². The van der Waals surface area contributed by atoms with Gasteiger partial charge in [-0.2, -0.15) is 5.10 Å². The molecule has 0 bridgehead atoms. The van der Waals surface area contributed by atoms with E-state index in [-0.39, 0.29) is 11.7 Å². The fourth-order valence-electron chi connectivity index (χ4n) is 2.52. The fourth-order valence-corrected chi connectivity index (χ4v) is 2.84. The van der Waals surface area contributed by atoms with Crippen molar-refractivity contribution in [2.24, 2.45) is 0 Å². The monoisotopic (exact) mass is 351 g/mol. The predicted molar refractivity (Wildman–Crippen MR) is 94.0 cm³/mol. The predicted octanol–water partition coefficient (Wildman–Crippen LogP) is 4.34. The number of rotatable bonds is 8. The van der Waals surface area contributed by atoms with Crippen molar-refractivity contribution in [2.75, 3.05) is 6.54 Å². The SMILES string of the molecule is CCCCCCNC(=O)c1c(C)nn(Cc2ccc(F)cc2)c1Cl. The highest BCUT2D eigenvalue weighted by molar-refractivity contribution is 6.33. The molecule has 1 aromatic carbocycles. The number of nitrogens with zero attached hydrogens (tertiary/aromatic N) is 2. The summed E-state index contributed by atoms with van der Waals surface area (Å²) in [5.41, 5.74) is 1.87. The van der Waals surface area contributed by atoms with Crippen LogP contribution in [0.25, 0.3) is 0 Å². The second-order valence-electron chi connectivity index (χ2n) is 5.85. The minimum atomic E-state index is -0.287. The van der Waals surface area contributed by atoms with Crippen LogP contribution in [0.1, 0.15) is 54.2 Å². The smallest absolute Gasteiger partial charge is 0.256 e. The third-order valence-corrected chi connectivity index (χ3v) is 4.24. The molecular formula is C18H23ClFN3O. The van der Waals surface area contributed by atoms with E-state index in [2.05, 4.69) is 17.3 Å². The molecular weight excluding hydrogens is 329 g/mol. The van der Waals surface area contributed by atoms with Gasteiger partial charge in [0.2, 0.25) is 0 Å². The summed E-state index contributed by atoms with van der Waals surface area (Å²) in [5.74, 6) is -0.482. The van der Waals surface area contributed by atoms with Crippen LogP contribution in [-0.4, -0.2) is 22.2 Å². The van der Waals surface area contributed by atoms with E-state index in [0.29, 0.717) is 29.5 Å². The first-order valence-corrected chi connectivity index (χ1v) is 8.66.